The van der Waals surface area contributed by atoms with Crippen LogP contribution in [0.2, 0.25) is 0 Å². The minimum absolute atomic E-state index is 0.947. The van der Waals surface area contributed by atoms with Gasteiger partial charge in [0.15, 0.2) is 0 Å². The summed E-state index contributed by atoms with van der Waals surface area (Å²) in [6.07, 6.45) is 1.90. The van der Waals surface area contributed by atoms with Crippen molar-refractivity contribution in [3.05, 3.63) is 46.9 Å². The summed E-state index contributed by atoms with van der Waals surface area (Å²) in [6, 6.07) is 10.3. The number of thiazole rings is 1. The normalized spacial score (nSPS) is 10.8. The van der Waals surface area contributed by atoms with Crippen LogP contribution >= 0.6 is 11.3 Å². The number of fused-ring (bicyclic) bond motifs is 1. The zero-order chi connectivity index (χ0) is 11.0. The van der Waals surface area contributed by atoms with Gasteiger partial charge in [0, 0.05) is 17.0 Å². The molecule has 0 saturated carbocycles. The number of aromatic nitrogens is 2. The summed E-state index contributed by atoms with van der Waals surface area (Å²) in [7, 11) is 0. The molecule has 0 saturated heterocycles. The molecule has 0 bridgehead atoms. The summed E-state index contributed by atoms with van der Waals surface area (Å²) in [5.41, 5.74) is 1.91. The van der Waals surface area contributed by atoms with Crippen LogP contribution in [0, 0.1) is 6.92 Å². The average molecular weight is 226 g/mol. The standard InChI is InChI=1S/C13H10N2S/c1-9-15-13(8-16-9)12-6-10-4-2-3-5-11(10)7-14-12/h2-8H,1H3. The van der Waals surface area contributed by atoms with Crippen LogP contribution in [-0.4, -0.2) is 9.97 Å². The Morgan fingerprint density at radius 3 is 2.62 bits per heavy atom. The van der Waals surface area contributed by atoms with Crippen LogP contribution in [-0.2, 0) is 0 Å². The molecule has 0 N–H and O–H groups in total. The number of benzene rings is 1. The summed E-state index contributed by atoms with van der Waals surface area (Å²) in [6.45, 7) is 2.01. The molecule has 3 rings (SSSR count). The first-order valence-corrected chi connectivity index (χ1v) is 5.98. The van der Waals surface area contributed by atoms with Crippen molar-refractivity contribution in [1.82, 2.24) is 9.97 Å². The van der Waals surface area contributed by atoms with Crippen LogP contribution in [0.3, 0.4) is 0 Å². The lowest BCUT2D eigenvalue weighted by Crippen LogP contribution is -1.84. The molecular formula is C13H10N2S. The Morgan fingerprint density at radius 2 is 1.88 bits per heavy atom. The highest BCUT2D eigenvalue weighted by molar-refractivity contribution is 7.09. The second-order valence-corrected chi connectivity index (χ2v) is 4.73. The number of nitrogens with zero attached hydrogens (tertiary/aromatic N) is 2. The Morgan fingerprint density at radius 1 is 1.06 bits per heavy atom. The van der Waals surface area contributed by atoms with Crippen molar-refractivity contribution in [2.75, 3.05) is 0 Å². The van der Waals surface area contributed by atoms with E-state index in [1.807, 2.05) is 30.6 Å². The van der Waals surface area contributed by atoms with Crippen LogP contribution in [0.25, 0.3) is 22.2 Å². The maximum Gasteiger partial charge on any atom is 0.0998 e. The van der Waals surface area contributed by atoms with Crippen LogP contribution in [0.4, 0.5) is 0 Å². The lowest BCUT2D eigenvalue weighted by Gasteiger charge is -1.99. The van der Waals surface area contributed by atoms with E-state index < -0.39 is 0 Å². The van der Waals surface area contributed by atoms with E-state index in [9.17, 15) is 0 Å². The van der Waals surface area contributed by atoms with Gasteiger partial charge in [0.05, 0.1) is 16.4 Å². The maximum absolute atomic E-state index is 4.44. The van der Waals surface area contributed by atoms with E-state index in [1.165, 1.54) is 10.8 Å². The van der Waals surface area contributed by atoms with E-state index in [4.69, 9.17) is 0 Å². The van der Waals surface area contributed by atoms with E-state index in [0.717, 1.165) is 16.4 Å². The molecule has 0 atom stereocenters. The lowest BCUT2D eigenvalue weighted by molar-refractivity contribution is 1.25. The van der Waals surface area contributed by atoms with Gasteiger partial charge in [-0.25, -0.2) is 4.98 Å². The Bertz CT molecular complexity index is 643. The topological polar surface area (TPSA) is 25.8 Å². The summed E-state index contributed by atoms with van der Waals surface area (Å²) >= 11 is 1.65. The molecule has 0 spiro atoms. The molecule has 0 amide bonds. The molecule has 16 heavy (non-hydrogen) atoms. The number of rotatable bonds is 1. The molecule has 0 fully saturated rings. The van der Waals surface area contributed by atoms with Gasteiger partial charge in [0.25, 0.3) is 0 Å². The molecule has 2 nitrogen and oxygen atoms in total. The lowest BCUT2D eigenvalue weighted by atomic mass is 10.1. The summed E-state index contributed by atoms with van der Waals surface area (Å²) in [4.78, 5) is 8.88. The maximum atomic E-state index is 4.44. The van der Waals surface area contributed by atoms with Gasteiger partial charge < -0.3 is 0 Å². The van der Waals surface area contributed by atoms with E-state index in [1.54, 1.807) is 11.3 Å². The molecule has 0 unspecified atom stereocenters. The van der Waals surface area contributed by atoms with E-state index in [2.05, 4.69) is 28.2 Å². The van der Waals surface area contributed by atoms with Crippen LogP contribution in [0.1, 0.15) is 5.01 Å². The summed E-state index contributed by atoms with van der Waals surface area (Å²) in [5.74, 6) is 0. The van der Waals surface area contributed by atoms with Crippen molar-refractivity contribution in [1.29, 1.82) is 0 Å². The van der Waals surface area contributed by atoms with Crippen LogP contribution in [0.15, 0.2) is 41.9 Å². The van der Waals surface area contributed by atoms with Gasteiger partial charge in [-0.1, -0.05) is 24.3 Å². The number of hydrogen-bond acceptors (Lipinski definition) is 3. The van der Waals surface area contributed by atoms with Gasteiger partial charge in [-0.3, -0.25) is 4.98 Å². The minimum atomic E-state index is 0.947. The highest BCUT2D eigenvalue weighted by Crippen LogP contribution is 2.22. The predicted molar refractivity (Wildman–Crippen MR) is 67.6 cm³/mol. The van der Waals surface area contributed by atoms with Gasteiger partial charge in [-0.05, 0) is 18.4 Å². The quantitative estimate of drug-likeness (QED) is 0.632. The Hall–Kier alpha value is -1.74. The van der Waals surface area contributed by atoms with Crippen molar-refractivity contribution in [2.45, 2.75) is 6.92 Å². The van der Waals surface area contributed by atoms with E-state index in [-0.39, 0.29) is 0 Å². The number of pyridine rings is 1. The molecule has 0 aliphatic heterocycles. The fourth-order valence-electron chi connectivity index (χ4n) is 1.70. The SMILES string of the molecule is Cc1nc(-c2cc3ccccc3cn2)cs1. The van der Waals surface area contributed by atoms with Crippen molar-refractivity contribution in [3.63, 3.8) is 0 Å². The third kappa shape index (κ3) is 1.59. The Labute approximate surface area is 97.6 Å². The fourth-order valence-corrected chi connectivity index (χ4v) is 2.31. The molecular weight excluding hydrogens is 216 g/mol. The third-order valence-electron chi connectivity index (χ3n) is 2.51. The monoisotopic (exact) mass is 226 g/mol. The number of hydrogen-bond donors (Lipinski definition) is 0. The first kappa shape index (κ1) is 9.48. The van der Waals surface area contributed by atoms with Gasteiger partial charge in [0.2, 0.25) is 0 Å². The summed E-state index contributed by atoms with van der Waals surface area (Å²) in [5, 5.41) is 5.49. The molecule has 78 valence electrons. The molecule has 0 aliphatic rings. The highest BCUT2D eigenvalue weighted by atomic mass is 32.1. The molecule has 3 heteroatoms. The zero-order valence-electron chi connectivity index (χ0n) is 8.84. The Balaban J connectivity index is 2.18. The van der Waals surface area contributed by atoms with Crippen LogP contribution < -0.4 is 0 Å². The smallest absolute Gasteiger partial charge is 0.0998 e. The predicted octanol–water partition coefficient (Wildman–Crippen LogP) is 3.67. The molecule has 3 aromatic rings. The first-order chi connectivity index (χ1) is 7.83. The second-order valence-electron chi connectivity index (χ2n) is 3.67. The molecule has 2 heterocycles. The van der Waals surface area contributed by atoms with E-state index >= 15 is 0 Å². The third-order valence-corrected chi connectivity index (χ3v) is 3.29. The van der Waals surface area contributed by atoms with Crippen molar-refractivity contribution < 1.29 is 0 Å². The van der Waals surface area contributed by atoms with Gasteiger partial charge in [-0.2, -0.15) is 0 Å². The van der Waals surface area contributed by atoms with Crippen molar-refractivity contribution in [3.8, 4) is 11.4 Å². The highest BCUT2D eigenvalue weighted by Gasteiger charge is 2.04. The zero-order valence-corrected chi connectivity index (χ0v) is 9.66. The van der Waals surface area contributed by atoms with Gasteiger partial charge in [0.1, 0.15) is 0 Å². The Kier molecular flexibility index (Phi) is 2.18. The largest absolute Gasteiger partial charge is 0.254 e. The molecule has 0 aliphatic carbocycles. The van der Waals surface area contributed by atoms with Crippen molar-refractivity contribution >= 4 is 22.1 Å². The van der Waals surface area contributed by atoms with Gasteiger partial charge >= 0.3 is 0 Å². The van der Waals surface area contributed by atoms with Gasteiger partial charge in [-0.15, -0.1) is 11.3 Å². The van der Waals surface area contributed by atoms with Crippen LogP contribution in [0.5, 0.6) is 0 Å². The summed E-state index contributed by atoms with van der Waals surface area (Å²) < 4.78 is 0. The van der Waals surface area contributed by atoms with Crippen molar-refractivity contribution in [2.24, 2.45) is 0 Å². The molecule has 1 aromatic carbocycles. The number of aryl methyl sites for hydroxylation is 1. The van der Waals surface area contributed by atoms with E-state index in [0.29, 0.717) is 0 Å². The average Bonchev–Trinajstić information content (AvgIpc) is 2.75. The molecule has 2 aromatic heterocycles. The fraction of sp³-hybridized carbons (Fsp3) is 0.0769. The minimum Gasteiger partial charge on any atom is -0.254 e. The first-order valence-electron chi connectivity index (χ1n) is 5.10. The second kappa shape index (κ2) is 3.68. The molecule has 0 radical (unpaired) electrons.